The van der Waals surface area contributed by atoms with Crippen molar-refractivity contribution in [2.75, 3.05) is 0 Å². The number of fused-ring (bicyclic) bond motifs is 1. The van der Waals surface area contributed by atoms with E-state index in [0.29, 0.717) is 22.8 Å². The average Bonchev–Trinajstić information content (AvgIpc) is 2.50. The van der Waals surface area contributed by atoms with Gasteiger partial charge in [0.05, 0.1) is 0 Å². The third-order valence-electron chi connectivity index (χ3n) is 6.87. The van der Waals surface area contributed by atoms with Gasteiger partial charge in [-0.15, -0.1) is 0 Å². The molecule has 2 aliphatic rings. The van der Waals surface area contributed by atoms with Crippen molar-refractivity contribution in [1.82, 2.24) is 0 Å². The lowest BCUT2D eigenvalue weighted by atomic mass is 9.47. The molecule has 1 saturated carbocycles. The molecule has 0 amide bonds. The van der Waals surface area contributed by atoms with Crippen molar-refractivity contribution in [2.24, 2.45) is 22.7 Å². The Kier molecular flexibility index (Phi) is 5.09. The molecule has 0 aromatic heterocycles. The second kappa shape index (κ2) is 6.52. The maximum Gasteiger partial charge on any atom is 0.146 e. The number of rotatable bonds is 5. The Balaban J connectivity index is 2.31. The molecule has 0 spiro atoms. The van der Waals surface area contributed by atoms with Crippen molar-refractivity contribution in [3.05, 3.63) is 23.3 Å². The molecule has 0 radical (unpaired) electrons. The van der Waals surface area contributed by atoms with E-state index in [1.807, 2.05) is 6.08 Å². The average molecular weight is 302 g/mol. The topological polar surface area (TPSA) is 34.1 Å². The van der Waals surface area contributed by atoms with Crippen molar-refractivity contribution in [1.29, 1.82) is 0 Å². The van der Waals surface area contributed by atoms with Crippen molar-refractivity contribution < 1.29 is 9.59 Å². The fourth-order valence-corrected chi connectivity index (χ4v) is 4.88. The fraction of sp³-hybridized carbons (Fsp3) is 0.700. The van der Waals surface area contributed by atoms with Crippen LogP contribution in [0.2, 0.25) is 0 Å². The highest BCUT2D eigenvalue weighted by Crippen LogP contribution is 2.61. The quantitative estimate of drug-likeness (QED) is 0.411. The van der Waals surface area contributed by atoms with E-state index in [1.165, 1.54) is 25.7 Å². The first-order valence-electron chi connectivity index (χ1n) is 8.63. The molecule has 2 aliphatic carbocycles. The van der Waals surface area contributed by atoms with Crippen LogP contribution in [0.4, 0.5) is 0 Å². The van der Waals surface area contributed by atoms with Gasteiger partial charge in [-0.2, -0.15) is 0 Å². The summed E-state index contributed by atoms with van der Waals surface area (Å²) >= 11 is 0. The Morgan fingerprint density at radius 3 is 2.68 bits per heavy atom. The summed E-state index contributed by atoms with van der Waals surface area (Å²) in [6, 6.07) is 0. The summed E-state index contributed by atoms with van der Waals surface area (Å²) in [5.41, 5.74) is 2.70. The lowest BCUT2D eigenvalue weighted by Gasteiger charge is -2.57. The van der Waals surface area contributed by atoms with Crippen LogP contribution in [0.15, 0.2) is 23.3 Å². The molecule has 0 heterocycles. The number of allylic oxidation sites excluding steroid dienone is 4. The van der Waals surface area contributed by atoms with E-state index >= 15 is 0 Å². The van der Waals surface area contributed by atoms with E-state index in [9.17, 15) is 9.59 Å². The Morgan fingerprint density at radius 2 is 2.05 bits per heavy atom. The van der Waals surface area contributed by atoms with E-state index < -0.39 is 0 Å². The van der Waals surface area contributed by atoms with Gasteiger partial charge in [0.1, 0.15) is 12.6 Å². The number of aldehydes is 2. The van der Waals surface area contributed by atoms with Gasteiger partial charge in [0.25, 0.3) is 0 Å². The molecule has 122 valence electrons. The summed E-state index contributed by atoms with van der Waals surface area (Å²) in [7, 11) is 0. The number of carbonyl (C=O) groups is 2. The van der Waals surface area contributed by atoms with E-state index in [4.69, 9.17) is 0 Å². The lowest BCUT2D eigenvalue weighted by Crippen LogP contribution is -2.49. The summed E-state index contributed by atoms with van der Waals surface area (Å²) < 4.78 is 0. The molecule has 4 atom stereocenters. The van der Waals surface area contributed by atoms with E-state index in [-0.39, 0.29) is 11.8 Å². The first-order chi connectivity index (χ1) is 10.4. The number of hydrogen-bond acceptors (Lipinski definition) is 2. The van der Waals surface area contributed by atoms with Crippen molar-refractivity contribution in [2.45, 2.75) is 66.2 Å². The van der Waals surface area contributed by atoms with Crippen LogP contribution in [0.1, 0.15) is 66.2 Å². The fourth-order valence-electron chi connectivity index (χ4n) is 4.88. The zero-order valence-corrected chi connectivity index (χ0v) is 14.5. The molecule has 0 bridgehead atoms. The smallest absolute Gasteiger partial charge is 0.146 e. The highest BCUT2D eigenvalue weighted by atomic mass is 16.1. The van der Waals surface area contributed by atoms with Crippen LogP contribution >= 0.6 is 0 Å². The molecule has 2 rings (SSSR count). The van der Waals surface area contributed by atoms with Gasteiger partial charge in [0, 0.05) is 6.42 Å². The second-order valence-corrected chi connectivity index (χ2v) is 7.85. The molecule has 22 heavy (non-hydrogen) atoms. The highest BCUT2D eigenvalue weighted by molar-refractivity contribution is 5.78. The Hall–Kier alpha value is -1.18. The molecule has 2 heteroatoms. The van der Waals surface area contributed by atoms with E-state index in [1.54, 1.807) is 5.57 Å². The van der Waals surface area contributed by atoms with Gasteiger partial charge in [-0.3, -0.25) is 4.79 Å². The summed E-state index contributed by atoms with van der Waals surface area (Å²) in [6.45, 7) is 9.49. The molecule has 0 saturated heterocycles. The SMILES string of the molecule is CC1=CCC[C@@H]2[C@@](C)(C/C=C(/C=O)CC=O)[C@H](C)CC[C@@]12C. The molecule has 0 unspecified atom stereocenters. The van der Waals surface area contributed by atoms with Crippen LogP contribution in [0.5, 0.6) is 0 Å². The maximum absolute atomic E-state index is 11.1. The maximum atomic E-state index is 11.1. The van der Waals surface area contributed by atoms with Gasteiger partial charge in [0.15, 0.2) is 0 Å². The molecule has 2 nitrogen and oxygen atoms in total. The summed E-state index contributed by atoms with van der Waals surface area (Å²) in [5, 5.41) is 0. The largest absolute Gasteiger partial charge is 0.303 e. The van der Waals surface area contributed by atoms with Gasteiger partial charge in [-0.25, -0.2) is 0 Å². The highest BCUT2D eigenvalue weighted by Gasteiger charge is 2.52. The molecule has 0 aromatic carbocycles. The Morgan fingerprint density at radius 1 is 1.32 bits per heavy atom. The molecule has 1 fully saturated rings. The Bertz CT molecular complexity index is 502. The van der Waals surface area contributed by atoms with Crippen LogP contribution in [-0.2, 0) is 9.59 Å². The predicted octanol–water partition coefficient (Wildman–Crippen LogP) is 4.89. The van der Waals surface area contributed by atoms with Gasteiger partial charge in [-0.05, 0) is 67.3 Å². The normalized spacial score (nSPS) is 38.9. The van der Waals surface area contributed by atoms with Crippen molar-refractivity contribution in [3.63, 3.8) is 0 Å². The lowest BCUT2D eigenvalue weighted by molar-refractivity contribution is -0.109. The summed E-state index contributed by atoms with van der Waals surface area (Å²) in [4.78, 5) is 21.8. The third kappa shape index (κ3) is 2.85. The van der Waals surface area contributed by atoms with E-state index in [0.717, 1.165) is 19.0 Å². The first kappa shape index (κ1) is 17.2. The second-order valence-electron chi connectivity index (χ2n) is 7.85. The van der Waals surface area contributed by atoms with Crippen LogP contribution < -0.4 is 0 Å². The summed E-state index contributed by atoms with van der Waals surface area (Å²) in [6.07, 6.45) is 12.2. The minimum Gasteiger partial charge on any atom is -0.303 e. The van der Waals surface area contributed by atoms with Crippen molar-refractivity contribution in [3.8, 4) is 0 Å². The molecule has 0 N–H and O–H groups in total. The van der Waals surface area contributed by atoms with Gasteiger partial charge >= 0.3 is 0 Å². The molecular weight excluding hydrogens is 272 g/mol. The zero-order valence-electron chi connectivity index (χ0n) is 14.5. The van der Waals surface area contributed by atoms with E-state index in [2.05, 4.69) is 33.8 Å². The zero-order chi connectivity index (χ0) is 16.4. The van der Waals surface area contributed by atoms with Crippen molar-refractivity contribution >= 4 is 12.6 Å². The first-order valence-corrected chi connectivity index (χ1v) is 8.63. The minimum absolute atomic E-state index is 0.208. The van der Waals surface area contributed by atoms with Crippen LogP contribution in [-0.4, -0.2) is 12.6 Å². The van der Waals surface area contributed by atoms with Crippen LogP contribution in [0.3, 0.4) is 0 Å². The van der Waals surface area contributed by atoms with Gasteiger partial charge in [0.2, 0.25) is 0 Å². The van der Waals surface area contributed by atoms with Crippen LogP contribution in [0.25, 0.3) is 0 Å². The van der Waals surface area contributed by atoms with Gasteiger partial charge in [-0.1, -0.05) is 38.5 Å². The third-order valence-corrected chi connectivity index (χ3v) is 6.87. The predicted molar refractivity (Wildman–Crippen MR) is 90.5 cm³/mol. The number of hydrogen-bond donors (Lipinski definition) is 0. The monoisotopic (exact) mass is 302 g/mol. The molecule has 0 aliphatic heterocycles. The van der Waals surface area contributed by atoms with Gasteiger partial charge < -0.3 is 4.79 Å². The number of carbonyl (C=O) groups excluding carboxylic acids is 2. The summed E-state index contributed by atoms with van der Waals surface area (Å²) in [5.74, 6) is 1.31. The molecular formula is C20H30O2. The standard InChI is InChI=1S/C20H30O2/c1-15-6-5-7-18-19(15,3)11-8-16(2)20(18,4)12-9-17(14-22)10-13-21/h6,9,13-14,16,18H,5,7-8,10-12H2,1-4H3/b17-9+/t16-,18+,19+,20+/m1/s1. The Labute approximate surface area is 135 Å². The van der Waals surface area contributed by atoms with Crippen LogP contribution in [0, 0.1) is 22.7 Å². The molecule has 0 aromatic rings. The minimum atomic E-state index is 0.208.